The molecule has 0 spiro atoms. The van der Waals surface area contributed by atoms with Crippen molar-refractivity contribution in [3.05, 3.63) is 101 Å². The number of aryl methyl sites for hydroxylation is 1. The van der Waals surface area contributed by atoms with E-state index in [1.807, 2.05) is 13.1 Å². The first-order valence-corrected chi connectivity index (χ1v) is 10.2. The molecule has 0 saturated heterocycles. The van der Waals surface area contributed by atoms with Crippen LogP contribution in [0.5, 0.6) is 5.75 Å². The van der Waals surface area contributed by atoms with Crippen LogP contribution in [0.4, 0.5) is 5.82 Å². The number of anilines is 1. The predicted molar refractivity (Wildman–Crippen MR) is 120 cm³/mol. The first-order valence-electron chi connectivity index (χ1n) is 10.2. The minimum absolute atomic E-state index is 0.00165. The molecule has 4 aromatic rings. The summed E-state index contributed by atoms with van der Waals surface area (Å²) in [4.78, 5) is 23.8. The number of rotatable bonds is 8. The summed E-state index contributed by atoms with van der Waals surface area (Å²) in [5.74, 6) is 1.35. The maximum Gasteiger partial charge on any atom is 0.292 e. The van der Waals surface area contributed by atoms with E-state index >= 15 is 0 Å². The largest absolute Gasteiger partial charge is 0.486 e. The van der Waals surface area contributed by atoms with Gasteiger partial charge < -0.3 is 14.5 Å². The molecule has 2 aromatic carbocycles. The molecule has 1 amide bonds. The minimum atomic E-state index is -0.386. The van der Waals surface area contributed by atoms with E-state index in [0.29, 0.717) is 29.4 Å². The number of nitrogens with zero attached hydrogens (tertiary/aromatic N) is 2. The molecule has 32 heavy (non-hydrogen) atoms. The molecule has 0 saturated carbocycles. The van der Waals surface area contributed by atoms with Gasteiger partial charge in [-0.15, -0.1) is 0 Å². The third-order valence-corrected chi connectivity index (χ3v) is 4.87. The van der Waals surface area contributed by atoms with E-state index in [9.17, 15) is 9.59 Å². The van der Waals surface area contributed by atoms with Crippen molar-refractivity contribution in [1.29, 1.82) is 0 Å². The Hall–Kier alpha value is -4.13. The van der Waals surface area contributed by atoms with Crippen molar-refractivity contribution < 1.29 is 18.7 Å². The maximum atomic E-state index is 12.5. The van der Waals surface area contributed by atoms with E-state index in [-0.39, 0.29) is 24.1 Å². The molecule has 7 heteroatoms. The van der Waals surface area contributed by atoms with Gasteiger partial charge in [-0.2, -0.15) is 5.10 Å². The number of benzene rings is 2. The lowest BCUT2D eigenvalue weighted by atomic mass is 10.1. The average Bonchev–Trinajstić information content (AvgIpc) is 3.44. The Morgan fingerprint density at radius 3 is 2.47 bits per heavy atom. The Balaban J connectivity index is 1.31. The van der Waals surface area contributed by atoms with E-state index in [0.717, 1.165) is 5.56 Å². The number of furan rings is 1. The number of ether oxygens (including phenoxy) is 1. The highest BCUT2D eigenvalue weighted by atomic mass is 16.5. The lowest BCUT2D eigenvalue weighted by Crippen LogP contribution is -2.12. The standard InChI is InChI=1S/C25H23N3O4/c1-17-3-5-19(6-4-17)15-28-14-13-24(27-28)26-25(30)23-12-11-22(32-23)16-31-21-9-7-20(8-10-21)18(2)29/h3-14H,15-16H2,1-2H3,(H,26,27,30). The quantitative estimate of drug-likeness (QED) is 0.404. The molecule has 2 heterocycles. The van der Waals surface area contributed by atoms with Gasteiger partial charge in [0.1, 0.15) is 18.1 Å². The van der Waals surface area contributed by atoms with Crippen LogP contribution >= 0.6 is 0 Å². The second-order valence-corrected chi connectivity index (χ2v) is 7.47. The molecule has 0 bridgehead atoms. The first-order chi connectivity index (χ1) is 15.5. The molecule has 0 radical (unpaired) electrons. The lowest BCUT2D eigenvalue weighted by molar-refractivity contribution is 0.0990. The minimum Gasteiger partial charge on any atom is -0.486 e. The summed E-state index contributed by atoms with van der Waals surface area (Å²) in [6, 6.07) is 20.1. The van der Waals surface area contributed by atoms with E-state index in [4.69, 9.17) is 9.15 Å². The van der Waals surface area contributed by atoms with Gasteiger partial charge in [-0.3, -0.25) is 14.3 Å². The molecule has 2 aromatic heterocycles. The number of hydrogen-bond acceptors (Lipinski definition) is 5. The number of hydrogen-bond donors (Lipinski definition) is 1. The fraction of sp³-hybridized carbons (Fsp3) is 0.160. The molecular formula is C25H23N3O4. The summed E-state index contributed by atoms with van der Waals surface area (Å²) in [6.07, 6.45) is 1.81. The van der Waals surface area contributed by atoms with Crippen LogP contribution < -0.4 is 10.1 Å². The van der Waals surface area contributed by atoms with Crippen molar-refractivity contribution in [2.45, 2.75) is 27.0 Å². The highest BCUT2D eigenvalue weighted by molar-refractivity contribution is 6.01. The van der Waals surface area contributed by atoms with Crippen LogP contribution in [0.1, 0.15) is 44.7 Å². The number of amides is 1. The van der Waals surface area contributed by atoms with Gasteiger partial charge in [0.25, 0.3) is 5.91 Å². The van der Waals surface area contributed by atoms with Crippen LogP contribution in [-0.4, -0.2) is 21.5 Å². The first kappa shape index (κ1) is 21.1. The third-order valence-electron chi connectivity index (χ3n) is 4.87. The summed E-state index contributed by atoms with van der Waals surface area (Å²) < 4.78 is 13.0. The fourth-order valence-electron chi connectivity index (χ4n) is 3.09. The zero-order chi connectivity index (χ0) is 22.5. The number of aromatic nitrogens is 2. The van der Waals surface area contributed by atoms with E-state index in [2.05, 4.69) is 34.7 Å². The van der Waals surface area contributed by atoms with Crippen LogP contribution in [0.25, 0.3) is 0 Å². The maximum absolute atomic E-state index is 12.5. The zero-order valence-electron chi connectivity index (χ0n) is 17.9. The highest BCUT2D eigenvalue weighted by Crippen LogP contribution is 2.17. The fourth-order valence-corrected chi connectivity index (χ4v) is 3.09. The van der Waals surface area contributed by atoms with Gasteiger partial charge in [-0.1, -0.05) is 29.8 Å². The highest BCUT2D eigenvalue weighted by Gasteiger charge is 2.13. The summed E-state index contributed by atoms with van der Waals surface area (Å²) >= 11 is 0. The summed E-state index contributed by atoms with van der Waals surface area (Å²) in [5, 5.41) is 7.13. The van der Waals surface area contributed by atoms with Crippen LogP contribution in [0, 0.1) is 6.92 Å². The van der Waals surface area contributed by atoms with Crippen LogP contribution in [-0.2, 0) is 13.2 Å². The lowest BCUT2D eigenvalue weighted by Gasteiger charge is -2.05. The summed E-state index contributed by atoms with van der Waals surface area (Å²) in [6.45, 7) is 4.34. The van der Waals surface area contributed by atoms with Crippen LogP contribution in [0.3, 0.4) is 0 Å². The number of Topliss-reactive ketones (excluding diaryl/α,β-unsaturated/α-hetero) is 1. The molecule has 0 atom stereocenters. The molecule has 0 aliphatic heterocycles. The van der Waals surface area contributed by atoms with Crippen molar-refractivity contribution in [2.24, 2.45) is 0 Å². The van der Waals surface area contributed by atoms with E-state index in [1.54, 1.807) is 47.1 Å². The Labute approximate surface area is 185 Å². The topological polar surface area (TPSA) is 86.4 Å². The Bertz CT molecular complexity index is 1220. The van der Waals surface area contributed by atoms with E-state index < -0.39 is 0 Å². The number of carbonyl (C=O) groups excluding carboxylic acids is 2. The smallest absolute Gasteiger partial charge is 0.292 e. The normalized spacial score (nSPS) is 10.7. The van der Waals surface area contributed by atoms with Crippen molar-refractivity contribution in [3.8, 4) is 5.75 Å². The molecule has 4 rings (SSSR count). The second kappa shape index (κ2) is 9.34. The Kier molecular flexibility index (Phi) is 6.17. The molecule has 1 N–H and O–H groups in total. The average molecular weight is 429 g/mol. The monoisotopic (exact) mass is 429 g/mol. The summed E-state index contributed by atoms with van der Waals surface area (Å²) in [5.41, 5.74) is 2.95. The van der Waals surface area contributed by atoms with Crippen molar-refractivity contribution in [2.75, 3.05) is 5.32 Å². The van der Waals surface area contributed by atoms with E-state index in [1.165, 1.54) is 12.5 Å². The molecule has 0 fully saturated rings. The van der Waals surface area contributed by atoms with Gasteiger partial charge in [0.05, 0.1) is 6.54 Å². The second-order valence-electron chi connectivity index (χ2n) is 7.47. The molecule has 0 aliphatic rings. The summed E-state index contributed by atoms with van der Waals surface area (Å²) in [7, 11) is 0. The number of carbonyl (C=O) groups is 2. The Morgan fingerprint density at radius 2 is 1.75 bits per heavy atom. The predicted octanol–water partition coefficient (Wildman–Crippen LogP) is 4.87. The van der Waals surface area contributed by atoms with Crippen molar-refractivity contribution in [1.82, 2.24) is 9.78 Å². The van der Waals surface area contributed by atoms with Gasteiger partial charge in [0, 0.05) is 17.8 Å². The van der Waals surface area contributed by atoms with Gasteiger partial charge >= 0.3 is 0 Å². The van der Waals surface area contributed by atoms with Gasteiger partial charge in [-0.05, 0) is 55.8 Å². The molecule has 7 nitrogen and oxygen atoms in total. The molecule has 162 valence electrons. The van der Waals surface area contributed by atoms with Gasteiger partial charge in [0.2, 0.25) is 0 Å². The van der Waals surface area contributed by atoms with Crippen molar-refractivity contribution in [3.63, 3.8) is 0 Å². The zero-order valence-corrected chi connectivity index (χ0v) is 17.9. The van der Waals surface area contributed by atoms with Crippen LogP contribution in [0.2, 0.25) is 0 Å². The van der Waals surface area contributed by atoms with Gasteiger partial charge in [-0.25, -0.2) is 0 Å². The van der Waals surface area contributed by atoms with Crippen molar-refractivity contribution >= 4 is 17.5 Å². The third kappa shape index (κ3) is 5.31. The molecule has 0 unspecified atom stereocenters. The Morgan fingerprint density at radius 1 is 1.00 bits per heavy atom. The van der Waals surface area contributed by atoms with Crippen LogP contribution in [0.15, 0.2) is 77.3 Å². The molecule has 0 aliphatic carbocycles. The van der Waals surface area contributed by atoms with Gasteiger partial charge in [0.15, 0.2) is 17.4 Å². The SMILES string of the molecule is CC(=O)c1ccc(OCc2ccc(C(=O)Nc3ccn(Cc4ccc(C)cc4)n3)o2)cc1. The molecular weight excluding hydrogens is 406 g/mol. The number of nitrogens with one attached hydrogen (secondary N) is 1. The number of ketones is 1.